The molecule has 0 bridgehead atoms. The van der Waals surface area contributed by atoms with Crippen molar-refractivity contribution in [2.24, 2.45) is 0 Å². The Morgan fingerprint density at radius 3 is 2.53 bits per heavy atom. The van der Waals surface area contributed by atoms with Gasteiger partial charge in [0.1, 0.15) is 0 Å². The van der Waals surface area contributed by atoms with Gasteiger partial charge in [0.2, 0.25) is 0 Å². The lowest BCUT2D eigenvalue weighted by atomic mass is 10.1. The first-order valence-corrected chi connectivity index (χ1v) is 6.22. The van der Waals surface area contributed by atoms with Gasteiger partial charge in [-0.25, -0.2) is 0 Å². The third kappa shape index (κ3) is 2.76. The first kappa shape index (κ1) is 13.1. The fourth-order valence-corrected chi connectivity index (χ4v) is 2.04. The van der Waals surface area contributed by atoms with Crippen molar-refractivity contribution in [3.8, 4) is 0 Å². The van der Waals surface area contributed by atoms with Crippen molar-refractivity contribution >= 4 is 17.3 Å². The van der Waals surface area contributed by atoms with E-state index in [1.807, 2.05) is 39.0 Å². The third-order valence-electron chi connectivity index (χ3n) is 3.25. The molecule has 0 aliphatic heterocycles. The zero-order valence-corrected chi connectivity index (χ0v) is 11.4. The Bertz CT molecular complexity index is 633. The van der Waals surface area contributed by atoms with Gasteiger partial charge in [0.05, 0.1) is 0 Å². The van der Waals surface area contributed by atoms with Crippen LogP contribution in [0.4, 0.5) is 11.4 Å². The van der Waals surface area contributed by atoms with Crippen molar-refractivity contribution in [2.45, 2.75) is 20.8 Å². The summed E-state index contributed by atoms with van der Waals surface area (Å²) in [4.78, 5) is 12.3. The van der Waals surface area contributed by atoms with Crippen LogP contribution < -0.4 is 11.1 Å². The van der Waals surface area contributed by atoms with Gasteiger partial charge in [-0.15, -0.1) is 0 Å². The lowest BCUT2D eigenvalue weighted by molar-refractivity contribution is 0.102. The maximum atomic E-state index is 12.3. The summed E-state index contributed by atoms with van der Waals surface area (Å²) in [6, 6.07) is 11.3. The number of rotatable bonds is 2. The van der Waals surface area contributed by atoms with E-state index in [-0.39, 0.29) is 5.91 Å². The molecule has 0 aromatic heterocycles. The Kier molecular flexibility index (Phi) is 3.56. The third-order valence-corrected chi connectivity index (χ3v) is 3.25. The first-order valence-electron chi connectivity index (χ1n) is 6.22. The summed E-state index contributed by atoms with van der Waals surface area (Å²) in [5, 5.41) is 2.93. The largest absolute Gasteiger partial charge is 0.398 e. The molecule has 0 saturated carbocycles. The highest BCUT2D eigenvalue weighted by molar-refractivity contribution is 6.06. The van der Waals surface area contributed by atoms with Crippen LogP contribution in [0.25, 0.3) is 0 Å². The van der Waals surface area contributed by atoms with Crippen LogP contribution in [0, 0.1) is 20.8 Å². The maximum Gasteiger partial charge on any atom is 0.256 e. The number of amides is 1. The Balaban J connectivity index is 2.28. The second-order valence-electron chi connectivity index (χ2n) is 4.79. The van der Waals surface area contributed by atoms with Crippen LogP contribution in [0.3, 0.4) is 0 Å². The Hall–Kier alpha value is -2.29. The molecule has 98 valence electrons. The highest BCUT2D eigenvalue weighted by Crippen LogP contribution is 2.20. The van der Waals surface area contributed by atoms with Gasteiger partial charge in [-0.05, 0) is 50.1 Å². The summed E-state index contributed by atoms with van der Waals surface area (Å²) < 4.78 is 0. The maximum absolute atomic E-state index is 12.3. The highest BCUT2D eigenvalue weighted by atomic mass is 16.1. The minimum atomic E-state index is -0.128. The number of aryl methyl sites for hydroxylation is 2. The normalized spacial score (nSPS) is 10.3. The summed E-state index contributed by atoms with van der Waals surface area (Å²) in [7, 11) is 0. The molecule has 3 nitrogen and oxygen atoms in total. The van der Waals surface area contributed by atoms with Crippen molar-refractivity contribution < 1.29 is 4.79 Å². The molecule has 19 heavy (non-hydrogen) atoms. The number of carbonyl (C=O) groups excluding carboxylic acids is 1. The molecule has 0 fully saturated rings. The number of anilines is 2. The minimum Gasteiger partial charge on any atom is -0.398 e. The van der Waals surface area contributed by atoms with E-state index in [0.717, 1.165) is 16.8 Å². The van der Waals surface area contributed by atoms with Crippen molar-refractivity contribution in [3.63, 3.8) is 0 Å². The van der Waals surface area contributed by atoms with E-state index in [9.17, 15) is 4.79 Å². The molecule has 0 atom stereocenters. The summed E-state index contributed by atoms with van der Waals surface area (Å²) in [6.45, 7) is 5.86. The van der Waals surface area contributed by atoms with Crippen LogP contribution >= 0.6 is 0 Å². The second kappa shape index (κ2) is 5.14. The number of nitrogens with two attached hydrogens (primary N) is 1. The molecule has 1 amide bonds. The Labute approximate surface area is 113 Å². The molecule has 0 heterocycles. The molecule has 0 aliphatic carbocycles. The van der Waals surface area contributed by atoms with Crippen LogP contribution in [0.1, 0.15) is 27.0 Å². The van der Waals surface area contributed by atoms with Gasteiger partial charge in [-0.2, -0.15) is 0 Å². The van der Waals surface area contributed by atoms with E-state index < -0.39 is 0 Å². The lowest BCUT2D eigenvalue weighted by Gasteiger charge is -2.11. The van der Waals surface area contributed by atoms with Gasteiger partial charge in [0, 0.05) is 16.9 Å². The predicted octanol–water partition coefficient (Wildman–Crippen LogP) is 3.45. The van der Waals surface area contributed by atoms with Crippen LogP contribution in [-0.4, -0.2) is 5.91 Å². The van der Waals surface area contributed by atoms with Crippen LogP contribution in [-0.2, 0) is 0 Å². The molecule has 0 aliphatic rings. The van der Waals surface area contributed by atoms with Crippen molar-refractivity contribution in [2.75, 3.05) is 11.1 Å². The molecular formula is C16H18N2O. The molecule has 0 spiro atoms. The zero-order valence-electron chi connectivity index (χ0n) is 11.4. The molecule has 3 heteroatoms. The predicted molar refractivity (Wildman–Crippen MR) is 79.5 cm³/mol. The second-order valence-corrected chi connectivity index (χ2v) is 4.79. The number of nitrogens with one attached hydrogen (secondary N) is 1. The molecular weight excluding hydrogens is 236 g/mol. The summed E-state index contributed by atoms with van der Waals surface area (Å²) >= 11 is 0. The molecule has 0 saturated heterocycles. The fourth-order valence-electron chi connectivity index (χ4n) is 2.04. The van der Waals surface area contributed by atoms with E-state index in [2.05, 4.69) is 5.32 Å². The number of carbonyl (C=O) groups is 1. The van der Waals surface area contributed by atoms with Crippen molar-refractivity contribution in [1.82, 2.24) is 0 Å². The van der Waals surface area contributed by atoms with E-state index in [0.29, 0.717) is 11.3 Å². The number of nitrogen functional groups attached to an aromatic ring is 1. The van der Waals surface area contributed by atoms with Crippen molar-refractivity contribution in [3.05, 3.63) is 58.7 Å². The van der Waals surface area contributed by atoms with E-state index in [1.165, 1.54) is 5.56 Å². The molecule has 0 radical (unpaired) electrons. The fraction of sp³-hybridized carbons (Fsp3) is 0.188. The van der Waals surface area contributed by atoms with Gasteiger partial charge in [0.15, 0.2) is 0 Å². The van der Waals surface area contributed by atoms with Gasteiger partial charge < -0.3 is 11.1 Å². The van der Waals surface area contributed by atoms with Crippen LogP contribution in [0.5, 0.6) is 0 Å². The molecule has 2 rings (SSSR count). The average molecular weight is 254 g/mol. The molecule has 0 unspecified atom stereocenters. The topological polar surface area (TPSA) is 55.1 Å². The first-order chi connectivity index (χ1) is 8.99. The lowest BCUT2D eigenvalue weighted by Crippen LogP contribution is -2.14. The van der Waals surface area contributed by atoms with Gasteiger partial charge in [-0.3, -0.25) is 4.79 Å². The van der Waals surface area contributed by atoms with Crippen LogP contribution in [0.15, 0.2) is 36.4 Å². The Morgan fingerprint density at radius 1 is 1.11 bits per heavy atom. The quantitative estimate of drug-likeness (QED) is 0.806. The van der Waals surface area contributed by atoms with E-state index in [4.69, 9.17) is 5.73 Å². The smallest absolute Gasteiger partial charge is 0.256 e. The summed E-state index contributed by atoms with van der Waals surface area (Å²) in [5.74, 6) is -0.128. The molecule has 2 aromatic carbocycles. The van der Waals surface area contributed by atoms with Gasteiger partial charge in [0.25, 0.3) is 5.91 Å². The van der Waals surface area contributed by atoms with Gasteiger partial charge in [-0.1, -0.05) is 23.8 Å². The number of benzene rings is 2. The van der Waals surface area contributed by atoms with E-state index >= 15 is 0 Å². The summed E-state index contributed by atoms with van der Waals surface area (Å²) in [6.07, 6.45) is 0. The van der Waals surface area contributed by atoms with Gasteiger partial charge >= 0.3 is 0 Å². The number of hydrogen-bond donors (Lipinski definition) is 2. The Morgan fingerprint density at radius 2 is 1.84 bits per heavy atom. The van der Waals surface area contributed by atoms with Crippen LogP contribution in [0.2, 0.25) is 0 Å². The standard InChI is InChI=1S/C16H18N2O/c1-10-7-8-15(11(2)9-10)18-16(19)13-5-4-6-14(17)12(13)3/h4-9H,17H2,1-3H3,(H,18,19). The zero-order chi connectivity index (χ0) is 14.0. The summed E-state index contributed by atoms with van der Waals surface area (Å²) in [5.41, 5.74) is 10.9. The monoisotopic (exact) mass is 254 g/mol. The SMILES string of the molecule is Cc1ccc(NC(=O)c2cccc(N)c2C)c(C)c1. The molecule has 2 aromatic rings. The minimum absolute atomic E-state index is 0.128. The number of hydrogen-bond acceptors (Lipinski definition) is 2. The average Bonchev–Trinajstić information content (AvgIpc) is 2.36. The van der Waals surface area contributed by atoms with Crippen molar-refractivity contribution in [1.29, 1.82) is 0 Å². The molecule has 3 N–H and O–H groups in total. The highest BCUT2D eigenvalue weighted by Gasteiger charge is 2.11. The van der Waals surface area contributed by atoms with E-state index in [1.54, 1.807) is 18.2 Å².